The number of nitrogens with one attached hydrogen (secondary N) is 2. The van der Waals surface area contributed by atoms with Crippen LogP contribution < -0.4 is 24.8 Å². The molecule has 1 atom stereocenters. The van der Waals surface area contributed by atoms with E-state index in [4.69, 9.17) is 18.9 Å². The van der Waals surface area contributed by atoms with Crippen LogP contribution in [0, 0.1) is 6.92 Å². The number of benzene rings is 2. The average molecular weight is 650 g/mol. The Balaban J connectivity index is 1.26. The van der Waals surface area contributed by atoms with Crippen molar-refractivity contribution in [1.29, 1.82) is 0 Å². The van der Waals surface area contributed by atoms with Crippen molar-refractivity contribution in [3.05, 3.63) is 65.0 Å². The van der Waals surface area contributed by atoms with Crippen LogP contribution in [0.25, 0.3) is 0 Å². The van der Waals surface area contributed by atoms with Crippen LogP contribution in [0.4, 0.5) is 0 Å². The zero-order valence-electron chi connectivity index (χ0n) is 27.7. The number of hydrogen-bond donors (Lipinski definition) is 2. The summed E-state index contributed by atoms with van der Waals surface area (Å²) in [5.41, 5.74) is 3.31. The van der Waals surface area contributed by atoms with Crippen LogP contribution in [0.3, 0.4) is 0 Å². The number of morpholine rings is 1. The van der Waals surface area contributed by atoms with E-state index in [0.29, 0.717) is 81.6 Å². The predicted octanol–water partition coefficient (Wildman–Crippen LogP) is 2.42. The first kappa shape index (κ1) is 34.1. The van der Waals surface area contributed by atoms with Crippen molar-refractivity contribution in [1.82, 2.24) is 35.4 Å². The molecule has 13 nitrogen and oxygen atoms in total. The second-order valence-electron chi connectivity index (χ2n) is 12.0. The van der Waals surface area contributed by atoms with Gasteiger partial charge in [0.25, 0.3) is 5.91 Å². The number of aryl methyl sites for hydroxylation is 2. The van der Waals surface area contributed by atoms with E-state index >= 15 is 0 Å². The van der Waals surface area contributed by atoms with Gasteiger partial charge in [-0.15, -0.1) is 5.10 Å². The molecule has 0 spiro atoms. The topological polar surface area (TPSA) is 132 Å². The zero-order chi connectivity index (χ0) is 33.0. The van der Waals surface area contributed by atoms with Crippen molar-refractivity contribution in [2.24, 2.45) is 0 Å². The van der Waals surface area contributed by atoms with Gasteiger partial charge in [-0.3, -0.25) is 24.1 Å². The highest BCUT2D eigenvalue weighted by molar-refractivity contribution is 5.99. The highest BCUT2D eigenvalue weighted by Crippen LogP contribution is 2.29. The minimum atomic E-state index is -0.704. The van der Waals surface area contributed by atoms with Crippen molar-refractivity contribution >= 4 is 11.8 Å². The number of carbonyl (C=O) groups excluding carboxylic acids is 2. The van der Waals surface area contributed by atoms with Gasteiger partial charge in [-0.25, -0.2) is 0 Å². The Labute approximate surface area is 276 Å². The molecule has 2 aliphatic rings. The third-order valence-corrected chi connectivity index (χ3v) is 8.24. The van der Waals surface area contributed by atoms with Gasteiger partial charge >= 0.3 is 0 Å². The summed E-state index contributed by atoms with van der Waals surface area (Å²) in [4.78, 5) is 30.6. The molecule has 47 heavy (non-hydrogen) atoms. The summed E-state index contributed by atoms with van der Waals surface area (Å²) in [6.45, 7) is 11.8. The second-order valence-corrected chi connectivity index (χ2v) is 12.0. The normalized spacial score (nSPS) is 19.3. The zero-order valence-corrected chi connectivity index (χ0v) is 27.7. The Bertz CT molecular complexity index is 1470. The molecule has 0 unspecified atom stereocenters. The fraction of sp³-hybridized carbons (Fsp3) is 0.529. The molecule has 1 saturated heterocycles. The summed E-state index contributed by atoms with van der Waals surface area (Å²) in [5.74, 6) is 1.31. The van der Waals surface area contributed by atoms with Gasteiger partial charge in [0.1, 0.15) is 18.4 Å². The van der Waals surface area contributed by atoms with Gasteiger partial charge in [-0.2, -0.15) is 0 Å². The van der Waals surface area contributed by atoms with Gasteiger partial charge in [-0.1, -0.05) is 17.3 Å². The van der Waals surface area contributed by atoms with Gasteiger partial charge in [0.2, 0.25) is 5.91 Å². The molecule has 3 heterocycles. The molecule has 3 aromatic rings. The van der Waals surface area contributed by atoms with Crippen molar-refractivity contribution in [3.8, 4) is 17.2 Å². The standard InChI is InChI=1S/C34H47N7O6/c1-25-6-8-29-31(20-25)46-16-5-12-41-24-28(37-38-41)23-40(11-4-10-35-33(42)26(2)36-34(29)43)22-27-7-9-30(44-3)32(21-27)47-19-15-39-13-17-45-18-14-39/h6-9,20-21,24,26H,4-5,10-19,22-23H2,1-3H3,(H,35,42)(H,36,43)/t26-/m1/s1. The summed E-state index contributed by atoms with van der Waals surface area (Å²) in [6, 6.07) is 10.8. The summed E-state index contributed by atoms with van der Waals surface area (Å²) in [5, 5.41) is 14.6. The quantitative estimate of drug-likeness (QED) is 0.393. The maximum Gasteiger partial charge on any atom is 0.255 e. The van der Waals surface area contributed by atoms with Gasteiger partial charge in [-0.05, 0) is 55.7 Å². The summed E-state index contributed by atoms with van der Waals surface area (Å²) in [7, 11) is 1.65. The fourth-order valence-electron chi connectivity index (χ4n) is 5.62. The van der Waals surface area contributed by atoms with Crippen LogP contribution in [-0.4, -0.2) is 109 Å². The van der Waals surface area contributed by atoms with Gasteiger partial charge < -0.3 is 29.6 Å². The summed E-state index contributed by atoms with van der Waals surface area (Å²) >= 11 is 0. The molecule has 2 bridgehead atoms. The number of methoxy groups -OCH3 is 1. The van der Waals surface area contributed by atoms with Crippen LogP contribution in [0.2, 0.25) is 0 Å². The monoisotopic (exact) mass is 649 g/mol. The number of aromatic nitrogens is 3. The summed E-state index contributed by atoms with van der Waals surface area (Å²) < 4.78 is 25.1. The molecule has 13 heteroatoms. The Hall–Kier alpha value is -4.20. The van der Waals surface area contributed by atoms with E-state index in [1.54, 1.807) is 20.1 Å². The van der Waals surface area contributed by atoms with Crippen molar-refractivity contribution < 1.29 is 28.5 Å². The molecule has 2 amide bonds. The number of ether oxygens (including phenoxy) is 4. The molecule has 2 aliphatic heterocycles. The first-order chi connectivity index (χ1) is 22.9. The number of nitrogens with zero attached hydrogens (tertiary/aromatic N) is 5. The molecule has 1 fully saturated rings. The lowest BCUT2D eigenvalue weighted by Gasteiger charge is -2.26. The highest BCUT2D eigenvalue weighted by Gasteiger charge is 2.20. The lowest BCUT2D eigenvalue weighted by Crippen LogP contribution is -2.45. The van der Waals surface area contributed by atoms with E-state index in [1.807, 2.05) is 48.1 Å². The molecule has 2 N–H and O–H groups in total. The predicted molar refractivity (Wildman–Crippen MR) is 176 cm³/mol. The van der Waals surface area contributed by atoms with E-state index in [9.17, 15) is 9.59 Å². The van der Waals surface area contributed by atoms with Crippen molar-refractivity contribution in [2.45, 2.75) is 52.4 Å². The molecule has 5 rings (SSSR count). The minimum Gasteiger partial charge on any atom is -0.493 e. The Kier molecular flexibility index (Phi) is 12.4. The fourth-order valence-corrected chi connectivity index (χ4v) is 5.62. The number of rotatable bonds is 7. The molecule has 0 radical (unpaired) electrons. The molecule has 1 aromatic heterocycles. The highest BCUT2D eigenvalue weighted by atomic mass is 16.5. The maximum atomic E-state index is 13.1. The minimum absolute atomic E-state index is 0.241. The maximum absolute atomic E-state index is 13.1. The molecule has 0 aliphatic carbocycles. The van der Waals surface area contributed by atoms with Crippen LogP contribution >= 0.6 is 0 Å². The first-order valence-corrected chi connectivity index (χ1v) is 16.4. The number of amides is 2. The molecule has 0 saturated carbocycles. The van der Waals surface area contributed by atoms with Crippen LogP contribution in [0.15, 0.2) is 42.6 Å². The van der Waals surface area contributed by atoms with Gasteiger partial charge in [0, 0.05) is 65.0 Å². The third kappa shape index (κ3) is 10.1. The van der Waals surface area contributed by atoms with E-state index in [0.717, 1.165) is 49.7 Å². The van der Waals surface area contributed by atoms with Crippen LogP contribution in [-0.2, 0) is 29.2 Å². The second kappa shape index (κ2) is 17.1. The molecular weight excluding hydrogens is 602 g/mol. The lowest BCUT2D eigenvalue weighted by molar-refractivity contribution is -0.122. The number of fused-ring (bicyclic) bond motifs is 3. The molecule has 254 valence electrons. The Morgan fingerprint density at radius 3 is 2.66 bits per heavy atom. The Morgan fingerprint density at radius 1 is 0.979 bits per heavy atom. The Morgan fingerprint density at radius 2 is 1.83 bits per heavy atom. The lowest BCUT2D eigenvalue weighted by atomic mass is 10.1. The first-order valence-electron chi connectivity index (χ1n) is 16.4. The van der Waals surface area contributed by atoms with Crippen LogP contribution in [0.1, 0.15) is 46.9 Å². The van der Waals surface area contributed by atoms with E-state index in [-0.39, 0.29) is 11.8 Å². The van der Waals surface area contributed by atoms with E-state index in [2.05, 4.69) is 30.7 Å². The SMILES string of the molecule is COc1ccc(CN2CCCNC(=O)[C@@H](C)NC(=O)c3ccc(C)cc3OCCCn3cc(nn3)C2)cc1OCCN1CCOCC1. The van der Waals surface area contributed by atoms with Crippen molar-refractivity contribution in [2.75, 3.05) is 66.3 Å². The van der Waals surface area contributed by atoms with Gasteiger partial charge in [0.05, 0.1) is 38.2 Å². The number of carbonyl (C=O) groups is 2. The van der Waals surface area contributed by atoms with Crippen LogP contribution in [0.5, 0.6) is 17.2 Å². The third-order valence-electron chi connectivity index (χ3n) is 8.24. The molecule has 2 aromatic carbocycles. The summed E-state index contributed by atoms with van der Waals surface area (Å²) in [6.07, 6.45) is 3.35. The largest absolute Gasteiger partial charge is 0.493 e. The number of hydrogen-bond acceptors (Lipinski definition) is 10. The van der Waals surface area contributed by atoms with E-state index < -0.39 is 6.04 Å². The smallest absolute Gasteiger partial charge is 0.255 e. The van der Waals surface area contributed by atoms with Crippen molar-refractivity contribution in [3.63, 3.8) is 0 Å². The van der Waals surface area contributed by atoms with E-state index in [1.165, 1.54) is 0 Å². The average Bonchev–Trinajstić information content (AvgIpc) is 3.52. The molecular formula is C34H47N7O6. The van der Waals surface area contributed by atoms with Gasteiger partial charge in [0.15, 0.2) is 11.5 Å².